The van der Waals surface area contributed by atoms with Crippen molar-refractivity contribution in [3.63, 3.8) is 0 Å². The third-order valence-electron chi connectivity index (χ3n) is 2.42. The normalized spacial score (nSPS) is 13.4. The Morgan fingerprint density at radius 1 is 1.47 bits per heavy atom. The summed E-state index contributed by atoms with van der Waals surface area (Å²) in [5, 5.41) is 20.8. The lowest BCUT2D eigenvalue weighted by molar-refractivity contribution is 0.0966. The van der Waals surface area contributed by atoms with Gasteiger partial charge < -0.3 is 20.1 Å². The molecule has 1 aromatic carbocycles. The van der Waals surface area contributed by atoms with Gasteiger partial charge in [-0.05, 0) is 17.7 Å². The molecule has 0 fully saturated rings. The maximum atomic E-state index is 11.3. The average Bonchev–Trinajstić information content (AvgIpc) is 2.58. The largest absolute Gasteiger partial charge is 0.497 e. The van der Waals surface area contributed by atoms with Gasteiger partial charge in [-0.3, -0.25) is 4.79 Å². The number of ether oxygens (including phenoxy) is 1. The topological polar surface area (TPSA) is 78.8 Å². The molecule has 0 atom stereocenters. The Hall–Kier alpha value is -1.53. The number of hydrogen-bond acceptors (Lipinski definition) is 4. The van der Waals surface area contributed by atoms with E-state index >= 15 is 0 Å². The summed E-state index contributed by atoms with van der Waals surface area (Å²) in [7, 11) is -0.198. The minimum absolute atomic E-state index is 0.199. The summed E-state index contributed by atoms with van der Waals surface area (Å²) >= 11 is 0. The molecule has 0 unspecified atom stereocenters. The lowest BCUT2D eigenvalue weighted by Crippen LogP contribution is -2.32. The van der Waals surface area contributed by atoms with Crippen molar-refractivity contribution >= 4 is 18.5 Å². The maximum absolute atomic E-state index is 11.3. The highest BCUT2D eigenvalue weighted by atomic mass is 16.5. The molecule has 0 saturated carbocycles. The molecule has 3 N–H and O–H groups in total. The molecule has 0 aliphatic carbocycles. The fourth-order valence-electron chi connectivity index (χ4n) is 1.65. The second kappa shape index (κ2) is 3.56. The first-order valence-corrected chi connectivity index (χ1v) is 4.48. The first-order chi connectivity index (χ1) is 7.13. The molecule has 78 valence electrons. The Bertz CT molecular complexity index is 419. The van der Waals surface area contributed by atoms with Gasteiger partial charge in [0.1, 0.15) is 5.75 Å². The number of hydrogen-bond donors (Lipinski definition) is 3. The first-order valence-electron chi connectivity index (χ1n) is 4.48. The number of benzene rings is 1. The van der Waals surface area contributed by atoms with Gasteiger partial charge in [0.25, 0.3) is 5.91 Å². The summed E-state index contributed by atoms with van der Waals surface area (Å²) in [5.41, 5.74) is 1.48. The van der Waals surface area contributed by atoms with Gasteiger partial charge in [-0.2, -0.15) is 0 Å². The van der Waals surface area contributed by atoms with Crippen molar-refractivity contribution in [3.8, 4) is 5.75 Å². The molecule has 0 bridgehead atoms. The van der Waals surface area contributed by atoms with E-state index in [4.69, 9.17) is 14.8 Å². The van der Waals surface area contributed by atoms with Gasteiger partial charge in [0.2, 0.25) is 0 Å². The summed E-state index contributed by atoms with van der Waals surface area (Å²) in [4.78, 5) is 11.3. The number of methoxy groups -OCH3 is 1. The van der Waals surface area contributed by atoms with Gasteiger partial charge in [0.05, 0.1) is 7.11 Å². The van der Waals surface area contributed by atoms with Crippen molar-refractivity contribution in [2.45, 2.75) is 6.54 Å². The molecule has 2 rings (SSSR count). The summed E-state index contributed by atoms with van der Waals surface area (Å²) in [6, 6.07) is 3.09. The van der Waals surface area contributed by atoms with Crippen LogP contribution in [0.2, 0.25) is 0 Å². The molecular weight excluding hydrogens is 197 g/mol. The van der Waals surface area contributed by atoms with Crippen molar-refractivity contribution in [2.75, 3.05) is 7.11 Å². The highest BCUT2D eigenvalue weighted by Crippen LogP contribution is 2.20. The van der Waals surface area contributed by atoms with E-state index in [0.29, 0.717) is 17.9 Å². The predicted molar refractivity (Wildman–Crippen MR) is 54.0 cm³/mol. The van der Waals surface area contributed by atoms with E-state index in [1.54, 1.807) is 6.07 Å². The quantitative estimate of drug-likeness (QED) is 0.522. The van der Waals surface area contributed by atoms with Crippen LogP contribution in [0.1, 0.15) is 15.9 Å². The van der Waals surface area contributed by atoms with Crippen LogP contribution in [0.5, 0.6) is 5.75 Å². The Morgan fingerprint density at radius 3 is 2.80 bits per heavy atom. The molecule has 1 aromatic rings. The fraction of sp³-hybridized carbons (Fsp3) is 0.222. The van der Waals surface area contributed by atoms with Gasteiger partial charge >= 0.3 is 7.12 Å². The zero-order chi connectivity index (χ0) is 11.0. The third kappa shape index (κ3) is 1.58. The first kappa shape index (κ1) is 10.0. The minimum Gasteiger partial charge on any atom is -0.497 e. The van der Waals surface area contributed by atoms with E-state index in [1.165, 1.54) is 13.2 Å². The molecule has 0 spiro atoms. The predicted octanol–water partition coefficient (Wildman–Crippen LogP) is -1.38. The van der Waals surface area contributed by atoms with E-state index in [-0.39, 0.29) is 11.4 Å². The Kier molecular flexibility index (Phi) is 2.38. The summed E-state index contributed by atoms with van der Waals surface area (Å²) < 4.78 is 5.01. The molecule has 1 aliphatic heterocycles. The van der Waals surface area contributed by atoms with Crippen molar-refractivity contribution in [3.05, 3.63) is 23.3 Å². The van der Waals surface area contributed by atoms with Crippen molar-refractivity contribution in [2.24, 2.45) is 0 Å². The van der Waals surface area contributed by atoms with E-state index in [2.05, 4.69) is 5.32 Å². The van der Waals surface area contributed by atoms with Crippen LogP contribution in [0.3, 0.4) is 0 Å². The standard InChI is InChI=1S/C9H10BNO4/c1-15-8-2-5-4-11-9(12)6(5)3-7(8)10(13)14/h2-3,13-14H,4H2,1H3,(H,11,12). The number of fused-ring (bicyclic) bond motifs is 1. The maximum Gasteiger partial charge on any atom is 0.492 e. The second-order valence-electron chi connectivity index (χ2n) is 3.31. The molecule has 0 aromatic heterocycles. The lowest BCUT2D eigenvalue weighted by Gasteiger charge is -2.09. The van der Waals surface area contributed by atoms with Crippen LogP contribution >= 0.6 is 0 Å². The average molecular weight is 207 g/mol. The Balaban J connectivity index is 2.56. The highest BCUT2D eigenvalue weighted by molar-refractivity contribution is 6.59. The minimum atomic E-state index is -1.64. The molecule has 0 saturated heterocycles. The number of carbonyl (C=O) groups excluding carboxylic acids is 1. The third-order valence-corrected chi connectivity index (χ3v) is 2.42. The van der Waals surface area contributed by atoms with Gasteiger partial charge in [-0.1, -0.05) is 0 Å². The number of rotatable bonds is 2. The molecule has 1 amide bonds. The zero-order valence-corrected chi connectivity index (χ0v) is 8.15. The van der Waals surface area contributed by atoms with Crippen LogP contribution in [0.4, 0.5) is 0 Å². The summed E-state index contributed by atoms with van der Waals surface area (Å²) in [5.74, 6) is 0.176. The Labute approximate surface area is 86.8 Å². The van der Waals surface area contributed by atoms with E-state index in [1.807, 2.05) is 0 Å². The van der Waals surface area contributed by atoms with Crippen molar-refractivity contribution < 1.29 is 19.6 Å². The monoisotopic (exact) mass is 207 g/mol. The SMILES string of the molecule is COc1cc2c(cc1B(O)O)C(=O)NC2. The van der Waals surface area contributed by atoms with Gasteiger partial charge in [0, 0.05) is 17.6 Å². The summed E-state index contributed by atoms with van der Waals surface area (Å²) in [6.45, 7) is 0.451. The van der Waals surface area contributed by atoms with E-state index < -0.39 is 7.12 Å². The molecule has 0 radical (unpaired) electrons. The molecule has 5 nitrogen and oxygen atoms in total. The smallest absolute Gasteiger partial charge is 0.492 e. The molecule has 1 aliphatic rings. The number of nitrogens with one attached hydrogen (secondary N) is 1. The van der Waals surface area contributed by atoms with Crippen LogP contribution in [0.15, 0.2) is 12.1 Å². The van der Waals surface area contributed by atoms with Crippen LogP contribution < -0.4 is 15.5 Å². The number of carbonyl (C=O) groups is 1. The van der Waals surface area contributed by atoms with Crippen LogP contribution in [-0.4, -0.2) is 30.2 Å². The number of amides is 1. The molecule has 15 heavy (non-hydrogen) atoms. The van der Waals surface area contributed by atoms with Crippen LogP contribution in [0, 0.1) is 0 Å². The Morgan fingerprint density at radius 2 is 2.20 bits per heavy atom. The van der Waals surface area contributed by atoms with E-state index in [0.717, 1.165) is 5.56 Å². The van der Waals surface area contributed by atoms with Crippen molar-refractivity contribution in [1.29, 1.82) is 0 Å². The molecular formula is C9H10BNO4. The van der Waals surface area contributed by atoms with Crippen LogP contribution in [-0.2, 0) is 6.54 Å². The lowest BCUT2D eigenvalue weighted by atomic mass is 9.78. The van der Waals surface area contributed by atoms with Gasteiger partial charge in [-0.15, -0.1) is 0 Å². The molecule has 1 heterocycles. The molecule has 6 heteroatoms. The fourth-order valence-corrected chi connectivity index (χ4v) is 1.65. The zero-order valence-electron chi connectivity index (χ0n) is 8.15. The van der Waals surface area contributed by atoms with E-state index in [9.17, 15) is 4.79 Å². The van der Waals surface area contributed by atoms with Gasteiger partial charge in [0.15, 0.2) is 0 Å². The highest BCUT2D eigenvalue weighted by Gasteiger charge is 2.25. The van der Waals surface area contributed by atoms with Gasteiger partial charge in [-0.25, -0.2) is 0 Å². The second-order valence-corrected chi connectivity index (χ2v) is 3.31. The van der Waals surface area contributed by atoms with Crippen molar-refractivity contribution in [1.82, 2.24) is 5.32 Å². The van der Waals surface area contributed by atoms with Crippen LogP contribution in [0.25, 0.3) is 0 Å². The summed E-state index contributed by atoms with van der Waals surface area (Å²) in [6.07, 6.45) is 0.